The van der Waals surface area contributed by atoms with Gasteiger partial charge < -0.3 is 20.5 Å². The molecular formula is C12H20N5O6P. The Morgan fingerprint density at radius 3 is 2.79 bits per heavy atom. The number of hydrogen-bond acceptors (Lipinski definition) is 9. The first-order chi connectivity index (χ1) is 11.4. The van der Waals surface area contributed by atoms with Gasteiger partial charge in [0.15, 0.2) is 17.7 Å². The summed E-state index contributed by atoms with van der Waals surface area (Å²) in [6, 6.07) is 0. The molecule has 0 aliphatic rings. The quantitative estimate of drug-likeness (QED) is 0.536. The average molecular weight is 361 g/mol. The molecule has 2 rings (SSSR count). The van der Waals surface area contributed by atoms with Crippen LogP contribution in [0.1, 0.15) is 19.6 Å². The number of aliphatic hydroxyl groups is 1. The number of aliphatic hydroxyl groups excluding tert-OH is 1. The lowest BCUT2D eigenvalue weighted by atomic mass is 10.3. The van der Waals surface area contributed by atoms with Crippen LogP contribution in [0.5, 0.6) is 0 Å². The summed E-state index contributed by atoms with van der Waals surface area (Å²) in [5.41, 5.74) is 6.52. The number of aromatic nitrogens is 4. The predicted octanol–water partition coefficient (Wildman–Crippen LogP) is 0.458. The first-order valence-electron chi connectivity index (χ1n) is 7.14. The molecule has 3 atom stereocenters. The minimum absolute atomic E-state index is 0.182. The second-order valence-electron chi connectivity index (χ2n) is 4.83. The largest absolute Gasteiger partial charge is 0.472 e. The maximum atomic E-state index is 11.4. The molecule has 0 saturated carbocycles. The maximum Gasteiger partial charge on any atom is 0.472 e. The minimum Gasteiger partial charge on any atom is -0.392 e. The van der Waals surface area contributed by atoms with Gasteiger partial charge in [-0.25, -0.2) is 19.5 Å². The van der Waals surface area contributed by atoms with Gasteiger partial charge in [0.25, 0.3) is 0 Å². The van der Waals surface area contributed by atoms with Crippen LogP contribution < -0.4 is 5.73 Å². The Hall–Kier alpha value is -1.62. The van der Waals surface area contributed by atoms with E-state index in [9.17, 15) is 14.6 Å². The monoisotopic (exact) mass is 361 g/mol. The number of phosphoric ester groups is 1. The highest BCUT2D eigenvalue weighted by molar-refractivity contribution is 7.47. The maximum absolute atomic E-state index is 11.4. The number of phosphoric acid groups is 1. The number of anilines is 1. The van der Waals surface area contributed by atoms with Crippen LogP contribution >= 0.6 is 7.82 Å². The molecule has 0 saturated heterocycles. The summed E-state index contributed by atoms with van der Waals surface area (Å²) in [5.74, 6) is 0.215. The van der Waals surface area contributed by atoms with Crippen LogP contribution in [-0.2, 0) is 18.3 Å². The molecule has 0 aromatic carbocycles. The van der Waals surface area contributed by atoms with E-state index in [1.165, 1.54) is 17.2 Å². The van der Waals surface area contributed by atoms with Crippen LogP contribution in [-0.4, -0.2) is 55.9 Å². The summed E-state index contributed by atoms with van der Waals surface area (Å²) < 4.78 is 27.8. The molecule has 0 aliphatic heterocycles. The van der Waals surface area contributed by atoms with E-state index >= 15 is 0 Å². The third-order valence-electron chi connectivity index (χ3n) is 3.31. The lowest BCUT2D eigenvalue weighted by Crippen LogP contribution is -2.26. The Morgan fingerprint density at radius 2 is 2.17 bits per heavy atom. The number of rotatable bonds is 9. The van der Waals surface area contributed by atoms with Crippen molar-refractivity contribution in [1.29, 1.82) is 0 Å². The van der Waals surface area contributed by atoms with Crippen molar-refractivity contribution >= 4 is 24.8 Å². The molecule has 0 spiro atoms. The van der Waals surface area contributed by atoms with E-state index in [-0.39, 0.29) is 19.0 Å². The van der Waals surface area contributed by atoms with E-state index in [1.54, 1.807) is 0 Å². The van der Waals surface area contributed by atoms with Crippen molar-refractivity contribution in [2.24, 2.45) is 0 Å². The molecule has 24 heavy (non-hydrogen) atoms. The first-order valence-corrected chi connectivity index (χ1v) is 8.63. The van der Waals surface area contributed by atoms with Gasteiger partial charge in [0.05, 0.1) is 25.6 Å². The van der Waals surface area contributed by atoms with Crippen molar-refractivity contribution in [3.8, 4) is 0 Å². The van der Waals surface area contributed by atoms with Crippen LogP contribution in [0.4, 0.5) is 5.82 Å². The van der Waals surface area contributed by atoms with E-state index in [1.807, 2.05) is 6.92 Å². The van der Waals surface area contributed by atoms with Gasteiger partial charge in [0.2, 0.25) is 0 Å². The minimum atomic E-state index is -4.10. The topological polar surface area (TPSA) is 155 Å². The number of fused-ring (bicyclic) bond motifs is 1. The molecular weight excluding hydrogens is 341 g/mol. The molecule has 0 bridgehead atoms. The summed E-state index contributed by atoms with van der Waals surface area (Å²) >= 11 is 0. The van der Waals surface area contributed by atoms with Crippen LogP contribution in [0, 0.1) is 0 Å². The van der Waals surface area contributed by atoms with Crippen LogP contribution in [0.2, 0.25) is 0 Å². The lowest BCUT2D eigenvalue weighted by Gasteiger charge is -2.24. The van der Waals surface area contributed by atoms with Crippen molar-refractivity contribution in [3.05, 3.63) is 12.7 Å². The number of hydrogen-bond donors (Lipinski definition) is 3. The fourth-order valence-electron chi connectivity index (χ4n) is 1.98. The van der Waals surface area contributed by atoms with Crippen LogP contribution in [0.25, 0.3) is 11.2 Å². The van der Waals surface area contributed by atoms with Gasteiger partial charge in [-0.1, -0.05) is 6.92 Å². The molecule has 0 amide bonds. The van der Waals surface area contributed by atoms with Gasteiger partial charge in [-0.15, -0.1) is 0 Å². The van der Waals surface area contributed by atoms with E-state index in [2.05, 4.69) is 19.5 Å². The second kappa shape index (κ2) is 7.97. The lowest BCUT2D eigenvalue weighted by molar-refractivity contribution is -0.0947. The Labute approximate surface area is 138 Å². The molecule has 134 valence electrons. The van der Waals surface area contributed by atoms with Crippen molar-refractivity contribution < 1.29 is 28.3 Å². The number of imidazole rings is 1. The van der Waals surface area contributed by atoms with Gasteiger partial charge >= 0.3 is 7.82 Å². The summed E-state index contributed by atoms with van der Waals surface area (Å²) in [6.07, 6.45) is 1.80. The van der Waals surface area contributed by atoms with Crippen molar-refractivity contribution in [2.75, 3.05) is 26.1 Å². The number of nitrogen functional groups attached to an aromatic ring is 1. The van der Waals surface area contributed by atoms with Crippen LogP contribution in [0.3, 0.4) is 0 Å². The normalized spacial score (nSPS) is 16.8. The average Bonchev–Trinajstić information content (AvgIpc) is 3.01. The van der Waals surface area contributed by atoms with Crippen molar-refractivity contribution in [2.45, 2.75) is 25.7 Å². The summed E-state index contributed by atoms with van der Waals surface area (Å²) in [6.45, 7) is 1.26. The fourth-order valence-corrected chi connectivity index (χ4v) is 2.44. The summed E-state index contributed by atoms with van der Waals surface area (Å²) in [7, 11) is -3.03. The Morgan fingerprint density at radius 1 is 1.42 bits per heavy atom. The van der Waals surface area contributed by atoms with Gasteiger partial charge in [-0.05, 0) is 6.42 Å². The highest BCUT2D eigenvalue weighted by atomic mass is 31.2. The Bertz CT molecular complexity index is 725. The third-order valence-corrected chi connectivity index (χ3v) is 4.25. The molecule has 12 heteroatoms. The molecule has 0 aliphatic carbocycles. The molecule has 0 radical (unpaired) electrons. The summed E-state index contributed by atoms with van der Waals surface area (Å²) in [4.78, 5) is 21.3. The zero-order valence-corrected chi connectivity index (χ0v) is 14.2. The molecule has 2 aromatic rings. The summed E-state index contributed by atoms with van der Waals surface area (Å²) in [5, 5.41) is 9.63. The molecule has 11 nitrogen and oxygen atoms in total. The number of nitrogens with zero attached hydrogens (tertiary/aromatic N) is 4. The highest BCUT2D eigenvalue weighted by Gasteiger charge is 2.24. The highest BCUT2D eigenvalue weighted by Crippen LogP contribution is 2.42. The van der Waals surface area contributed by atoms with E-state index in [4.69, 9.17) is 15.0 Å². The van der Waals surface area contributed by atoms with Crippen molar-refractivity contribution in [3.63, 3.8) is 0 Å². The Balaban J connectivity index is 2.15. The fraction of sp³-hybridized carbons (Fsp3) is 0.583. The van der Waals surface area contributed by atoms with Gasteiger partial charge in [0.1, 0.15) is 11.8 Å². The molecule has 4 N–H and O–H groups in total. The molecule has 0 fully saturated rings. The third kappa shape index (κ3) is 4.26. The number of nitrogens with two attached hydrogens (primary N) is 1. The smallest absolute Gasteiger partial charge is 0.392 e. The molecule has 2 heterocycles. The number of ether oxygens (including phenoxy) is 1. The van der Waals surface area contributed by atoms with Gasteiger partial charge in [-0.3, -0.25) is 13.6 Å². The van der Waals surface area contributed by atoms with Crippen LogP contribution in [0.15, 0.2) is 12.7 Å². The van der Waals surface area contributed by atoms with Gasteiger partial charge in [0, 0.05) is 7.11 Å². The molecule has 2 aromatic heterocycles. The SMILES string of the molecule is CCC(COP(=O)(O)OC)OC(CO)n1cnc2c(N)ncnc21. The van der Waals surface area contributed by atoms with E-state index in [0.29, 0.717) is 17.6 Å². The van der Waals surface area contributed by atoms with E-state index < -0.39 is 20.2 Å². The zero-order valence-electron chi connectivity index (χ0n) is 13.3. The first kappa shape index (κ1) is 18.7. The second-order valence-corrected chi connectivity index (χ2v) is 6.39. The zero-order chi connectivity index (χ0) is 17.7. The molecule has 3 unspecified atom stereocenters. The van der Waals surface area contributed by atoms with Gasteiger partial charge in [-0.2, -0.15) is 0 Å². The predicted molar refractivity (Wildman–Crippen MR) is 83.8 cm³/mol. The van der Waals surface area contributed by atoms with E-state index in [0.717, 1.165) is 7.11 Å². The Kier molecular flexibility index (Phi) is 6.21. The standard InChI is InChI=1S/C12H20N5O6P/c1-3-8(5-22-24(19,20)21-2)23-9(4-18)17-7-16-10-11(13)14-6-15-12(10)17/h6-9,18H,3-5H2,1-2H3,(H,19,20)(H2,13,14,15). The van der Waals surface area contributed by atoms with Crippen molar-refractivity contribution in [1.82, 2.24) is 19.5 Å².